The Hall–Kier alpha value is -2.66. The van der Waals surface area contributed by atoms with Gasteiger partial charge in [-0.25, -0.2) is 0 Å². The van der Waals surface area contributed by atoms with Crippen LogP contribution in [-0.4, -0.2) is 48.3 Å². The standard InChI is InChI=1S/C27H30ClN3O/c28-25-11-9-22(10-12-25)20-29-26-8-4-7-24(19-26)27(32)13-14-30-15-17-31(18-16-30)21-23-5-2-1-3-6-23/h1-12,19,29H,13-18,20-21H2. The highest BCUT2D eigenvalue weighted by atomic mass is 35.5. The average molecular weight is 448 g/mol. The lowest BCUT2D eigenvalue weighted by molar-refractivity contribution is 0.0922. The molecule has 166 valence electrons. The first-order chi connectivity index (χ1) is 15.7. The summed E-state index contributed by atoms with van der Waals surface area (Å²) in [6.45, 7) is 6.65. The van der Waals surface area contributed by atoms with Crippen LogP contribution in [0.4, 0.5) is 5.69 Å². The maximum Gasteiger partial charge on any atom is 0.164 e. The number of nitrogens with one attached hydrogen (secondary N) is 1. The van der Waals surface area contributed by atoms with Crippen LogP contribution in [0.2, 0.25) is 5.02 Å². The predicted octanol–water partition coefficient (Wildman–Crippen LogP) is 5.34. The first-order valence-corrected chi connectivity index (χ1v) is 11.6. The van der Waals surface area contributed by atoms with Crippen molar-refractivity contribution in [2.45, 2.75) is 19.5 Å². The van der Waals surface area contributed by atoms with Crippen molar-refractivity contribution < 1.29 is 4.79 Å². The second kappa shape index (κ2) is 11.3. The molecule has 3 aromatic rings. The Morgan fingerprint density at radius 2 is 1.53 bits per heavy atom. The zero-order chi connectivity index (χ0) is 22.2. The van der Waals surface area contributed by atoms with Crippen LogP contribution in [0.25, 0.3) is 0 Å². The Labute approximate surface area is 195 Å². The van der Waals surface area contributed by atoms with E-state index < -0.39 is 0 Å². The third-order valence-electron chi connectivity index (χ3n) is 5.96. The Bertz CT molecular complexity index is 999. The van der Waals surface area contributed by atoms with E-state index in [1.54, 1.807) is 0 Å². The van der Waals surface area contributed by atoms with Crippen molar-refractivity contribution in [3.8, 4) is 0 Å². The summed E-state index contributed by atoms with van der Waals surface area (Å²) in [7, 11) is 0. The van der Waals surface area contributed by atoms with Gasteiger partial charge in [-0.15, -0.1) is 0 Å². The average Bonchev–Trinajstić information content (AvgIpc) is 2.84. The topological polar surface area (TPSA) is 35.6 Å². The highest BCUT2D eigenvalue weighted by molar-refractivity contribution is 6.30. The lowest BCUT2D eigenvalue weighted by Gasteiger charge is -2.34. The Balaban J connectivity index is 1.21. The van der Waals surface area contributed by atoms with Gasteiger partial charge in [0.25, 0.3) is 0 Å². The van der Waals surface area contributed by atoms with E-state index in [0.29, 0.717) is 13.0 Å². The molecular formula is C27H30ClN3O. The molecule has 1 aliphatic heterocycles. The van der Waals surface area contributed by atoms with Crippen LogP contribution < -0.4 is 5.32 Å². The van der Waals surface area contributed by atoms with Gasteiger partial charge in [0, 0.05) is 68.5 Å². The van der Waals surface area contributed by atoms with Crippen LogP contribution in [0.15, 0.2) is 78.9 Å². The first kappa shape index (κ1) is 22.5. The molecular weight excluding hydrogens is 418 g/mol. The lowest BCUT2D eigenvalue weighted by Crippen LogP contribution is -2.46. The van der Waals surface area contributed by atoms with Crippen molar-refractivity contribution in [2.75, 3.05) is 38.0 Å². The van der Waals surface area contributed by atoms with Crippen LogP contribution in [0, 0.1) is 0 Å². The quantitative estimate of drug-likeness (QED) is 0.449. The van der Waals surface area contributed by atoms with Gasteiger partial charge in [-0.3, -0.25) is 9.69 Å². The summed E-state index contributed by atoms with van der Waals surface area (Å²) in [5.41, 5.74) is 4.24. The molecule has 3 aromatic carbocycles. The zero-order valence-corrected chi connectivity index (χ0v) is 19.1. The fraction of sp³-hybridized carbons (Fsp3) is 0.296. The Morgan fingerprint density at radius 3 is 2.28 bits per heavy atom. The summed E-state index contributed by atoms with van der Waals surface area (Å²) < 4.78 is 0. The van der Waals surface area contributed by atoms with E-state index in [1.165, 1.54) is 5.56 Å². The molecule has 0 aliphatic carbocycles. The van der Waals surface area contributed by atoms with Crippen LogP contribution in [0.5, 0.6) is 0 Å². The SMILES string of the molecule is O=C(CCN1CCN(Cc2ccccc2)CC1)c1cccc(NCc2ccc(Cl)cc2)c1. The highest BCUT2D eigenvalue weighted by Gasteiger charge is 2.18. The maximum absolute atomic E-state index is 12.8. The largest absolute Gasteiger partial charge is 0.381 e. The number of anilines is 1. The van der Waals surface area contributed by atoms with Gasteiger partial charge in [-0.05, 0) is 35.4 Å². The van der Waals surface area contributed by atoms with E-state index in [9.17, 15) is 4.79 Å². The van der Waals surface area contributed by atoms with E-state index in [2.05, 4.69) is 45.4 Å². The van der Waals surface area contributed by atoms with Crippen LogP contribution in [0.1, 0.15) is 27.9 Å². The minimum Gasteiger partial charge on any atom is -0.381 e. The van der Waals surface area contributed by atoms with E-state index >= 15 is 0 Å². The molecule has 1 aliphatic rings. The minimum absolute atomic E-state index is 0.201. The second-order valence-electron chi connectivity index (χ2n) is 8.34. The molecule has 0 unspecified atom stereocenters. The van der Waals surface area contributed by atoms with Gasteiger partial charge in [-0.1, -0.05) is 66.2 Å². The number of carbonyl (C=O) groups excluding carboxylic acids is 1. The van der Waals surface area contributed by atoms with Crippen molar-refractivity contribution in [2.24, 2.45) is 0 Å². The van der Waals surface area contributed by atoms with Crippen LogP contribution in [0.3, 0.4) is 0 Å². The number of hydrogen-bond acceptors (Lipinski definition) is 4. The molecule has 1 N–H and O–H groups in total. The Morgan fingerprint density at radius 1 is 0.812 bits per heavy atom. The van der Waals surface area contributed by atoms with Gasteiger partial charge in [0.2, 0.25) is 0 Å². The van der Waals surface area contributed by atoms with E-state index in [0.717, 1.165) is 61.1 Å². The zero-order valence-electron chi connectivity index (χ0n) is 18.3. The number of carbonyl (C=O) groups is 1. The molecule has 1 saturated heterocycles. The van der Waals surface area contributed by atoms with Crippen molar-refractivity contribution in [3.05, 3.63) is 101 Å². The molecule has 4 rings (SSSR count). The van der Waals surface area contributed by atoms with E-state index in [4.69, 9.17) is 11.6 Å². The predicted molar refractivity (Wildman–Crippen MR) is 132 cm³/mol. The van der Waals surface area contributed by atoms with Gasteiger partial charge in [0.15, 0.2) is 5.78 Å². The summed E-state index contributed by atoms with van der Waals surface area (Å²) >= 11 is 5.95. The highest BCUT2D eigenvalue weighted by Crippen LogP contribution is 2.16. The van der Waals surface area contributed by atoms with Gasteiger partial charge in [0.1, 0.15) is 0 Å². The molecule has 0 aromatic heterocycles. The molecule has 1 fully saturated rings. The number of hydrogen-bond donors (Lipinski definition) is 1. The molecule has 1 heterocycles. The summed E-state index contributed by atoms with van der Waals surface area (Å²) in [6, 6.07) is 26.2. The fourth-order valence-electron chi connectivity index (χ4n) is 4.03. The van der Waals surface area contributed by atoms with Gasteiger partial charge in [0.05, 0.1) is 0 Å². The number of benzene rings is 3. The summed E-state index contributed by atoms with van der Waals surface area (Å²) in [4.78, 5) is 17.7. The number of ketones is 1. The van der Waals surface area contributed by atoms with Crippen LogP contribution >= 0.6 is 11.6 Å². The smallest absolute Gasteiger partial charge is 0.164 e. The number of Topliss-reactive ketones (excluding diaryl/α,β-unsaturated/α-hetero) is 1. The van der Waals surface area contributed by atoms with E-state index in [1.807, 2.05) is 48.5 Å². The monoisotopic (exact) mass is 447 g/mol. The normalized spacial score (nSPS) is 14.9. The summed E-state index contributed by atoms with van der Waals surface area (Å²) in [6.07, 6.45) is 0.555. The van der Waals surface area contributed by atoms with Crippen molar-refractivity contribution in [1.29, 1.82) is 0 Å². The molecule has 0 spiro atoms. The number of rotatable bonds is 9. The molecule has 0 bridgehead atoms. The van der Waals surface area contributed by atoms with Crippen LogP contribution in [-0.2, 0) is 13.1 Å². The first-order valence-electron chi connectivity index (χ1n) is 11.3. The molecule has 5 heteroatoms. The van der Waals surface area contributed by atoms with E-state index in [-0.39, 0.29) is 5.78 Å². The molecule has 0 radical (unpaired) electrons. The fourth-order valence-corrected chi connectivity index (χ4v) is 4.15. The number of piperazine rings is 1. The lowest BCUT2D eigenvalue weighted by atomic mass is 10.1. The summed E-state index contributed by atoms with van der Waals surface area (Å²) in [5.74, 6) is 0.201. The second-order valence-corrected chi connectivity index (χ2v) is 8.77. The summed E-state index contributed by atoms with van der Waals surface area (Å²) in [5, 5.41) is 4.13. The third kappa shape index (κ3) is 6.67. The van der Waals surface area contributed by atoms with Gasteiger partial charge >= 0.3 is 0 Å². The minimum atomic E-state index is 0.201. The molecule has 0 saturated carbocycles. The van der Waals surface area contributed by atoms with Crippen molar-refractivity contribution in [3.63, 3.8) is 0 Å². The molecule has 4 nitrogen and oxygen atoms in total. The number of halogens is 1. The molecule has 0 amide bonds. The third-order valence-corrected chi connectivity index (χ3v) is 6.22. The van der Waals surface area contributed by atoms with Crippen molar-refractivity contribution >= 4 is 23.1 Å². The number of nitrogens with zero attached hydrogens (tertiary/aromatic N) is 2. The Kier molecular flexibility index (Phi) is 7.94. The van der Waals surface area contributed by atoms with Gasteiger partial charge < -0.3 is 10.2 Å². The maximum atomic E-state index is 12.8. The molecule has 32 heavy (non-hydrogen) atoms. The van der Waals surface area contributed by atoms with Crippen molar-refractivity contribution in [1.82, 2.24) is 9.80 Å². The van der Waals surface area contributed by atoms with Gasteiger partial charge in [-0.2, -0.15) is 0 Å². The molecule has 0 atom stereocenters.